The molecule has 4 heteroatoms. The van der Waals surface area contributed by atoms with E-state index in [4.69, 9.17) is 4.74 Å². The van der Waals surface area contributed by atoms with Gasteiger partial charge in [-0.15, -0.1) is 0 Å². The topological polar surface area (TPSA) is 41.6 Å². The minimum atomic E-state index is -0.385. The van der Waals surface area contributed by atoms with Crippen LogP contribution in [-0.4, -0.2) is 42.3 Å². The second-order valence-electron chi connectivity index (χ2n) is 6.89. The Bertz CT molecular complexity index is 341. The summed E-state index contributed by atoms with van der Waals surface area (Å²) in [6.07, 6.45) is 4.60. The van der Waals surface area contributed by atoms with E-state index in [1.54, 1.807) is 0 Å². The molecule has 2 unspecified atom stereocenters. The molecule has 0 aromatic heterocycles. The van der Waals surface area contributed by atoms with E-state index in [1.165, 1.54) is 12.8 Å². The summed E-state index contributed by atoms with van der Waals surface area (Å²) in [5.74, 6) is 1.50. The second kappa shape index (κ2) is 6.44. The van der Waals surface area contributed by atoms with Crippen LogP contribution in [0.3, 0.4) is 0 Å². The van der Waals surface area contributed by atoms with Crippen LogP contribution >= 0.6 is 0 Å². The molecule has 1 heterocycles. The molecule has 1 aliphatic carbocycles. The van der Waals surface area contributed by atoms with Crippen LogP contribution in [0.2, 0.25) is 0 Å². The monoisotopic (exact) mass is 282 g/mol. The molecule has 4 nitrogen and oxygen atoms in total. The molecule has 1 saturated carbocycles. The van der Waals surface area contributed by atoms with E-state index in [-0.39, 0.29) is 17.6 Å². The number of nitrogens with zero attached hydrogens (tertiary/aromatic N) is 1. The van der Waals surface area contributed by atoms with E-state index in [9.17, 15) is 4.79 Å². The quantitative estimate of drug-likeness (QED) is 0.695. The van der Waals surface area contributed by atoms with Crippen LogP contribution in [0.15, 0.2) is 0 Å². The lowest BCUT2D eigenvalue weighted by atomic mass is 9.99. The molecule has 2 aliphatic rings. The Kier molecular flexibility index (Phi) is 5.08. The maximum Gasteiger partial charge on any atom is 0.243 e. The third kappa shape index (κ3) is 3.53. The van der Waals surface area contributed by atoms with Crippen molar-refractivity contribution < 1.29 is 9.53 Å². The van der Waals surface area contributed by atoms with E-state index in [0.717, 1.165) is 38.5 Å². The summed E-state index contributed by atoms with van der Waals surface area (Å²) in [7, 11) is 0. The molecule has 1 amide bonds. The van der Waals surface area contributed by atoms with Crippen molar-refractivity contribution in [2.75, 3.05) is 19.8 Å². The second-order valence-corrected chi connectivity index (χ2v) is 6.89. The molecular weight excluding hydrogens is 252 g/mol. The maximum absolute atomic E-state index is 12.6. The first-order chi connectivity index (χ1) is 9.48. The van der Waals surface area contributed by atoms with Crippen LogP contribution in [0, 0.1) is 11.8 Å². The summed E-state index contributed by atoms with van der Waals surface area (Å²) in [6, 6.07) is 0. The summed E-state index contributed by atoms with van der Waals surface area (Å²) in [4.78, 5) is 14.6. The fourth-order valence-electron chi connectivity index (χ4n) is 2.80. The van der Waals surface area contributed by atoms with Gasteiger partial charge in [0.2, 0.25) is 5.91 Å². The summed E-state index contributed by atoms with van der Waals surface area (Å²) >= 11 is 0. The Morgan fingerprint density at radius 2 is 2.15 bits per heavy atom. The fourth-order valence-corrected chi connectivity index (χ4v) is 2.80. The van der Waals surface area contributed by atoms with E-state index >= 15 is 0 Å². The van der Waals surface area contributed by atoms with Gasteiger partial charge >= 0.3 is 0 Å². The number of rotatable bonds is 8. The van der Waals surface area contributed by atoms with Gasteiger partial charge in [0.25, 0.3) is 0 Å². The van der Waals surface area contributed by atoms with E-state index in [0.29, 0.717) is 5.92 Å². The SMILES string of the molecule is CCC1(C)NC(C(C)C)N(CCCOCC2CC2)C1=O. The third-order valence-electron chi connectivity index (χ3n) is 4.61. The van der Waals surface area contributed by atoms with Crippen LogP contribution in [0.5, 0.6) is 0 Å². The average molecular weight is 282 g/mol. The predicted molar refractivity (Wildman–Crippen MR) is 80.3 cm³/mol. The van der Waals surface area contributed by atoms with E-state index in [2.05, 4.69) is 26.1 Å². The van der Waals surface area contributed by atoms with Crippen LogP contribution in [0.4, 0.5) is 0 Å². The molecule has 1 N–H and O–H groups in total. The molecule has 116 valence electrons. The molecule has 20 heavy (non-hydrogen) atoms. The summed E-state index contributed by atoms with van der Waals surface area (Å²) < 4.78 is 5.67. The molecule has 0 aromatic carbocycles. The molecule has 0 spiro atoms. The first kappa shape index (κ1) is 15.8. The molecule has 1 saturated heterocycles. The zero-order chi connectivity index (χ0) is 14.8. The lowest BCUT2D eigenvalue weighted by Gasteiger charge is -2.27. The highest BCUT2D eigenvalue weighted by Crippen LogP contribution is 2.29. The van der Waals surface area contributed by atoms with Gasteiger partial charge < -0.3 is 9.64 Å². The van der Waals surface area contributed by atoms with Crippen LogP contribution in [0.25, 0.3) is 0 Å². The summed E-state index contributed by atoms with van der Waals surface area (Å²) in [6.45, 7) is 10.9. The minimum absolute atomic E-state index is 0.163. The van der Waals surface area contributed by atoms with Gasteiger partial charge in [0.1, 0.15) is 0 Å². The highest BCUT2D eigenvalue weighted by Gasteiger charge is 2.47. The first-order valence-electron chi connectivity index (χ1n) is 8.14. The normalized spacial score (nSPS) is 30.6. The van der Waals surface area contributed by atoms with Crippen LogP contribution in [-0.2, 0) is 9.53 Å². The summed E-state index contributed by atoms with van der Waals surface area (Å²) in [5.41, 5.74) is -0.385. The number of carbonyl (C=O) groups is 1. The molecule has 2 fully saturated rings. The lowest BCUT2D eigenvalue weighted by Crippen LogP contribution is -2.45. The van der Waals surface area contributed by atoms with Gasteiger partial charge in [0, 0.05) is 19.8 Å². The molecule has 1 aliphatic heterocycles. The highest BCUT2D eigenvalue weighted by atomic mass is 16.5. The number of ether oxygens (including phenoxy) is 1. The van der Waals surface area contributed by atoms with Crippen molar-refractivity contribution in [1.82, 2.24) is 10.2 Å². The van der Waals surface area contributed by atoms with Crippen molar-refractivity contribution in [2.24, 2.45) is 11.8 Å². The standard InChI is InChI=1S/C16H30N2O2/c1-5-16(4)15(19)18(14(17-16)12(2)3)9-6-10-20-11-13-7-8-13/h12-14,17H,5-11H2,1-4H3. The smallest absolute Gasteiger partial charge is 0.243 e. The van der Waals surface area contributed by atoms with Crippen molar-refractivity contribution >= 4 is 5.91 Å². The van der Waals surface area contributed by atoms with Gasteiger partial charge in [-0.25, -0.2) is 0 Å². The fraction of sp³-hybridized carbons (Fsp3) is 0.938. The van der Waals surface area contributed by atoms with Crippen molar-refractivity contribution in [2.45, 2.75) is 65.1 Å². The largest absolute Gasteiger partial charge is 0.381 e. The highest BCUT2D eigenvalue weighted by molar-refractivity contribution is 5.88. The molecular formula is C16H30N2O2. The zero-order valence-corrected chi connectivity index (χ0v) is 13.4. The Balaban J connectivity index is 1.81. The van der Waals surface area contributed by atoms with E-state index < -0.39 is 0 Å². The van der Waals surface area contributed by atoms with Gasteiger partial charge in [0.05, 0.1) is 11.7 Å². The molecule has 0 aromatic rings. The Morgan fingerprint density at radius 1 is 1.45 bits per heavy atom. The van der Waals surface area contributed by atoms with Crippen molar-refractivity contribution in [3.8, 4) is 0 Å². The summed E-state index contributed by atoms with van der Waals surface area (Å²) in [5, 5.41) is 3.52. The number of hydrogen-bond acceptors (Lipinski definition) is 3. The van der Waals surface area contributed by atoms with Gasteiger partial charge in [-0.2, -0.15) is 0 Å². The van der Waals surface area contributed by atoms with Crippen molar-refractivity contribution in [3.05, 3.63) is 0 Å². The van der Waals surface area contributed by atoms with Crippen molar-refractivity contribution in [1.29, 1.82) is 0 Å². The maximum atomic E-state index is 12.6. The molecule has 2 atom stereocenters. The van der Waals surface area contributed by atoms with E-state index in [1.807, 2.05) is 11.8 Å². The number of nitrogens with one attached hydrogen (secondary N) is 1. The van der Waals surface area contributed by atoms with Crippen LogP contribution < -0.4 is 5.32 Å². The average Bonchev–Trinajstić information content (AvgIpc) is 3.19. The number of carbonyl (C=O) groups excluding carboxylic acids is 1. The van der Waals surface area contributed by atoms with Gasteiger partial charge in [0.15, 0.2) is 0 Å². The van der Waals surface area contributed by atoms with Crippen molar-refractivity contribution in [3.63, 3.8) is 0 Å². The lowest BCUT2D eigenvalue weighted by molar-refractivity contribution is -0.133. The Hall–Kier alpha value is -0.610. The Labute approximate surface area is 123 Å². The van der Waals surface area contributed by atoms with Gasteiger partial charge in [-0.05, 0) is 44.4 Å². The third-order valence-corrected chi connectivity index (χ3v) is 4.61. The number of amides is 1. The van der Waals surface area contributed by atoms with Gasteiger partial charge in [-0.1, -0.05) is 20.8 Å². The zero-order valence-electron chi connectivity index (χ0n) is 13.4. The van der Waals surface area contributed by atoms with Crippen LogP contribution in [0.1, 0.15) is 53.4 Å². The predicted octanol–water partition coefficient (Wildman–Crippen LogP) is 2.39. The Morgan fingerprint density at radius 3 is 2.70 bits per heavy atom. The number of hydrogen-bond donors (Lipinski definition) is 1. The minimum Gasteiger partial charge on any atom is -0.381 e. The first-order valence-corrected chi connectivity index (χ1v) is 8.14. The van der Waals surface area contributed by atoms with Gasteiger partial charge in [-0.3, -0.25) is 10.1 Å². The molecule has 0 bridgehead atoms. The molecule has 2 rings (SSSR count). The molecule has 0 radical (unpaired) electrons.